The van der Waals surface area contributed by atoms with Gasteiger partial charge >= 0.3 is 0 Å². The summed E-state index contributed by atoms with van der Waals surface area (Å²) in [6.07, 6.45) is 5.70. The smallest absolute Gasteiger partial charge is 0.273 e. The first-order valence-electron chi connectivity index (χ1n) is 9.58. The van der Waals surface area contributed by atoms with Crippen LogP contribution in [0, 0.1) is 0 Å². The van der Waals surface area contributed by atoms with Gasteiger partial charge in [-0.1, -0.05) is 61.7 Å². The molecule has 0 radical (unpaired) electrons. The molecule has 0 spiro atoms. The highest BCUT2D eigenvalue weighted by atomic mass is 16.2. The molecule has 5 heteroatoms. The van der Waals surface area contributed by atoms with Gasteiger partial charge in [-0.2, -0.15) is 0 Å². The summed E-state index contributed by atoms with van der Waals surface area (Å²) in [6.45, 7) is 0. The van der Waals surface area contributed by atoms with Crippen LogP contribution in [-0.2, 0) is 11.2 Å². The van der Waals surface area contributed by atoms with Crippen LogP contribution in [0.2, 0.25) is 0 Å². The van der Waals surface area contributed by atoms with Gasteiger partial charge in [0.05, 0.1) is 17.3 Å². The summed E-state index contributed by atoms with van der Waals surface area (Å²) in [7, 11) is 0. The van der Waals surface area contributed by atoms with Gasteiger partial charge in [-0.25, -0.2) is 9.66 Å². The average molecular weight is 361 g/mol. The lowest BCUT2D eigenvalue weighted by molar-refractivity contribution is -0.116. The molecule has 1 saturated carbocycles. The number of carbonyl (C=O) groups excluding carboxylic acids is 1. The van der Waals surface area contributed by atoms with Gasteiger partial charge in [0.2, 0.25) is 5.91 Å². The second-order valence-electron chi connectivity index (χ2n) is 7.16. The lowest BCUT2D eigenvalue weighted by Gasteiger charge is -2.24. The minimum absolute atomic E-state index is 0.202. The summed E-state index contributed by atoms with van der Waals surface area (Å²) in [4.78, 5) is 30.5. The molecule has 1 aromatic heterocycles. The molecule has 1 aliphatic rings. The van der Waals surface area contributed by atoms with Gasteiger partial charge in [0.25, 0.3) is 5.56 Å². The monoisotopic (exact) mass is 361 g/mol. The molecule has 0 saturated heterocycles. The van der Waals surface area contributed by atoms with Crippen molar-refractivity contribution in [3.63, 3.8) is 0 Å². The van der Waals surface area contributed by atoms with Crippen LogP contribution in [0.15, 0.2) is 59.4 Å². The predicted molar refractivity (Wildman–Crippen MR) is 106 cm³/mol. The van der Waals surface area contributed by atoms with Crippen LogP contribution in [0.4, 0.5) is 0 Å². The van der Waals surface area contributed by atoms with Crippen molar-refractivity contribution in [2.24, 2.45) is 0 Å². The molecule has 4 rings (SSSR count). The third-order valence-corrected chi connectivity index (χ3v) is 5.22. The minimum atomic E-state index is -0.211. The lowest BCUT2D eigenvalue weighted by Crippen LogP contribution is -2.38. The van der Waals surface area contributed by atoms with Gasteiger partial charge < -0.3 is 0 Å². The molecule has 0 aliphatic heterocycles. The standard InChI is InChI=1S/C22H23N3O2/c26-20(15-16-9-3-1-4-10-16)24-25-21(17-11-5-2-6-12-17)23-19-14-8-7-13-18(19)22(25)27/h1,3-4,7-10,13-14,17H,2,5-6,11-12,15H2,(H,24,26). The van der Waals surface area contributed by atoms with E-state index < -0.39 is 0 Å². The number of amides is 1. The van der Waals surface area contributed by atoms with Crippen molar-refractivity contribution in [3.05, 3.63) is 76.3 Å². The normalized spacial score (nSPS) is 15.0. The van der Waals surface area contributed by atoms with Crippen LogP contribution in [0.25, 0.3) is 10.9 Å². The lowest BCUT2D eigenvalue weighted by atomic mass is 9.88. The number of carbonyl (C=O) groups is 1. The van der Waals surface area contributed by atoms with Crippen LogP contribution in [0.3, 0.4) is 0 Å². The van der Waals surface area contributed by atoms with E-state index in [0.717, 1.165) is 31.2 Å². The Kier molecular flexibility index (Phi) is 5.01. The highest BCUT2D eigenvalue weighted by molar-refractivity contribution is 5.86. The number of aromatic nitrogens is 2. The summed E-state index contributed by atoms with van der Waals surface area (Å²) in [5.41, 5.74) is 4.22. The van der Waals surface area contributed by atoms with Crippen molar-refractivity contribution >= 4 is 16.8 Å². The van der Waals surface area contributed by atoms with E-state index in [4.69, 9.17) is 4.98 Å². The van der Waals surface area contributed by atoms with Crippen LogP contribution < -0.4 is 11.0 Å². The molecule has 0 atom stereocenters. The molecule has 0 bridgehead atoms. The van der Waals surface area contributed by atoms with E-state index in [2.05, 4.69) is 5.43 Å². The fourth-order valence-electron chi connectivity index (χ4n) is 3.84. The van der Waals surface area contributed by atoms with E-state index in [0.29, 0.717) is 16.7 Å². The number of rotatable bonds is 4. The van der Waals surface area contributed by atoms with Crippen LogP contribution in [0.5, 0.6) is 0 Å². The second-order valence-corrected chi connectivity index (χ2v) is 7.16. The number of para-hydroxylation sites is 1. The predicted octanol–water partition coefficient (Wildman–Crippen LogP) is 3.76. The zero-order valence-corrected chi connectivity index (χ0v) is 15.2. The van der Waals surface area contributed by atoms with E-state index in [1.54, 1.807) is 6.07 Å². The molecule has 1 aliphatic carbocycles. The average Bonchev–Trinajstić information content (AvgIpc) is 2.71. The highest BCUT2D eigenvalue weighted by Crippen LogP contribution is 2.31. The zero-order chi connectivity index (χ0) is 18.6. The maximum atomic E-state index is 13.1. The molecular formula is C22H23N3O2. The molecule has 1 amide bonds. The zero-order valence-electron chi connectivity index (χ0n) is 15.2. The maximum absolute atomic E-state index is 13.1. The molecule has 1 heterocycles. The van der Waals surface area contributed by atoms with E-state index in [1.165, 1.54) is 11.1 Å². The first-order valence-corrected chi connectivity index (χ1v) is 9.58. The quantitative estimate of drug-likeness (QED) is 0.770. The maximum Gasteiger partial charge on any atom is 0.280 e. The van der Waals surface area contributed by atoms with Crippen molar-refractivity contribution in [1.29, 1.82) is 0 Å². The minimum Gasteiger partial charge on any atom is -0.273 e. The van der Waals surface area contributed by atoms with Crippen molar-refractivity contribution in [1.82, 2.24) is 9.66 Å². The number of nitrogens with zero attached hydrogens (tertiary/aromatic N) is 2. The molecule has 138 valence electrons. The van der Waals surface area contributed by atoms with Crippen molar-refractivity contribution < 1.29 is 4.79 Å². The third kappa shape index (κ3) is 3.77. The van der Waals surface area contributed by atoms with Gasteiger partial charge in [-0.15, -0.1) is 0 Å². The molecular weight excluding hydrogens is 338 g/mol. The largest absolute Gasteiger partial charge is 0.280 e. The van der Waals surface area contributed by atoms with Gasteiger partial charge in [-0.3, -0.25) is 15.0 Å². The Morgan fingerprint density at radius 3 is 2.48 bits per heavy atom. The van der Waals surface area contributed by atoms with E-state index in [9.17, 15) is 9.59 Å². The summed E-state index contributed by atoms with van der Waals surface area (Å²) in [5.74, 6) is 0.672. The SMILES string of the molecule is O=C(Cc1ccccc1)Nn1c(C2CCCCC2)nc2ccccc2c1=O. The van der Waals surface area contributed by atoms with Crippen LogP contribution in [-0.4, -0.2) is 15.6 Å². The molecule has 5 nitrogen and oxygen atoms in total. The Morgan fingerprint density at radius 2 is 1.70 bits per heavy atom. The van der Waals surface area contributed by atoms with Crippen molar-refractivity contribution in [2.45, 2.75) is 44.4 Å². The number of benzene rings is 2. The molecule has 0 unspecified atom stereocenters. The summed E-state index contributed by atoms with van der Waals surface area (Å²) in [6, 6.07) is 16.9. The first kappa shape index (κ1) is 17.5. The van der Waals surface area contributed by atoms with Gasteiger partial charge in [0, 0.05) is 5.92 Å². The Bertz CT molecular complexity index is 1000. The fraction of sp³-hybridized carbons (Fsp3) is 0.318. The second kappa shape index (κ2) is 7.74. The number of fused-ring (bicyclic) bond motifs is 1. The van der Waals surface area contributed by atoms with E-state index in [1.807, 2.05) is 48.5 Å². The van der Waals surface area contributed by atoms with Gasteiger partial charge in [0.15, 0.2) is 0 Å². The molecule has 1 fully saturated rings. The molecule has 2 aromatic carbocycles. The summed E-state index contributed by atoms with van der Waals surface area (Å²) < 4.78 is 1.39. The van der Waals surface area contributed by atoms with Crippen LogP contribution >= 0.6 is 0 Å². The van der Waals surface area contributed by atoms with Crippen molar-refractivity contribution in [3.8, 4) is 0 Å². The Labute approximate surface area is 158 Å². The summed E-state index contributed by atoms with van der Waals surface area (Å²) in [5, 5.41) is 0.525. The van der Waals surface area contributed by atoms with Crippen molar-refractivity contribution in [2.75, 3.05) is 5.43 Å². The fourth-order valence-corrected chi connectivity index (χ4v) is 3.84. The Balaban J connectivity index is 1.71. The van der Waals surface area contributed by atoms with Crippen LogP contribution in [0.1, 0.15) is 49.4 Å². The summed E-state index contributed by atoms with van der Waals surface area (Å²) >= 11 is 0. The number of nitrogens with one attached hydrogen (secondary N) is 1. The molecule has 27 heavy (non-hydrogen) atoms. The van der Waals surface area contributed by atoms with Gasteiger partial charge in [0.1, 0.15) is 5.82 Å². The molecule has 1 N–H and O–H groups in total. The Morgan fingerprint density at radius 1 is 1.00 bits per heavy atom. The molecule has 3 aromatic rings. The first-order chi connectivity index (χ1) is 13.2. The van der Waals surface area contributed by atoms with E-state index in [-0.39, 0.29) is 23.8 Å². The van der Waals surface area contributed by atoms with E-state index >= 15 is 0 Å². The third-order valence-electron chi connectivity index (χ3n) is 5.22. The highest BCUT2D eigenvalue weighted by Gasteiger charge is 2.23. The number of hydrogen-bond acceptors (Lipinski definition) is 3. The van der Waals surface area contributed by atoms with Gasteiger partial charge in [-0.05, 0) is 30.5 Å². The Hall–Kier alpha value is -2.95. The number of hydrogen-bond donors (Lipinski definition) is 1. The topological polar surface area (TPSA) is 64.0 Å².